The van der Waals surface area contributed by atoms with Gasteiger partial charge >= 0.3 is 0 Å². The molecule has 1 amide bonds. The van der Waals surface area contributed by atoms with Crippen molar-refractivity contribution in [2.24, 2.45) is 5.73 Å². The molecule has 0 aliphatic carbocycles. The smallest absolute Gasteiger partial charge is 0.234 e. The molecule has 1 aliphatic rings. The molecule has 0 aromatic heterocycles. The summed E-state index contributed by atoms with van der Waals surface area (Å²) in [6.45, 7) is 2.13. The van der Waals surface area contributed by atoms with E-state index in [9.17, 15) is 9.18 Å². The van der Waals surface area contributed by atoms with Gasteiger partial charge in [-0.15, -0.1) is 0 Å². The Morgan fingerprint density at radius 3 is 3.00 bits per heavy atom. The summed E-state index contributed by atoms with van der Waals surface area (Å²) in [7, 11) is 0. The molecule has 96 valence electrons. The summed E-state index contributed by atoms with van der Waals surface area (Å²) in [5, 5.41) is 2.74. The van der Waals surface area contributed by atoms with Crippen molar-refractivity contribution >= 4 is 23.1 Å². The van der Waals surface area contributed by atoms with Gasteiger partial charge in [-0.25, -0.2) is 4.39 Å². The Morgan fingerprint density at radius 1 is 1.56 bits per heavy atom. The molecule has 1 aromatic carbocycles. The molecular weight excluding hydrogens is 253 g/mol. The van der Waals surface area contributed by atoms with E-state index in [0.717, 1.165) is 12.1 Å². The van der Waals surface area contributed by atoms with Gasteiger partial charge in [-0.05, 0) is 23.8 Å². The molecule has 1 saturated heterocycles. The maximum atomic E-state index is 13.3. The first-order valence-corrected chi connectivity index (χ1v) is 6.04. The number of carbonyl (C=O) groups is 1. The van der Waals surface area contributed by atoms with E-state index in [-0.39, 0.29) is 16.7 Å². The number of benzene rings is 1. The van der Waals surface area contributed by atoms with Crippen LogP contribution in [-0.4, -0.2) is 35.4 Å². The predicted octanol–water partition coefficient (Wildman–Crippen LogP) is 0.392. The number of piperazine rings is 1. The maximum absolute atomic E-state index is 13.3. The van der Waals surface area contributed by atoms with Crippen LogP contribution in [0.2, 0.25) is 0 Å². The third-order valence-electron chi connectivity index (χ3n) is 2.84. The summed E-state index contributed by atoms with van der Waals surface area (Å²) >= 11 is 4.94. The second-order valence-electron chi connectivity index (χ2n) is 4.23. The highest BCUT2D eigenvalue weighted by atomic mass is 32.1. The van der Waals surface area contributed by atoms with E-state index in [1.54, 1.807) is 6.07 Å². The molecule has 2 rings (SSSR count). The average Bonchev–Trinajstić information content (AvgIpc) is 2.28. The minimum absolute atomic E-state index is 0.0190. The predicted molar refractivity (Wildman–Crippen MR) is 70.6 cm³/mol. The van der Waals surface area contributed by atoms with Crippen molar-refractivity contribution < 1.29 is 9.18 Å². The normalized spacial score (nSPS) is 16.4. The highest BCUT2D eigenvalue weighted by Gasteiger charge is 2.18. The lowest BCUT2D eigenvalue weighted by atomic mass is 10.1. The molecule has 0 atom stereocenters. The first-order chi connectivity index (χ1) is 8.56. The highest BCUT2D eigenvalue weighted by Crippen LogP contribution is 2.14. The molecule has 1 aliphatic heterocycles. The van der Waals surface area contributed by atoms with Crippen LogP contribution in [0.5, 0.6) is 0 Å². The van der Waals surface area contributed by atoms with Gasteiger partial charge in [0.25, 0.3) is 0 Å². The minimum atomic E-state index is -0.327. The fourth-order valence-corrected chi connectivity index (χ4v) is 2.20. The van der Waals surface area contributed by atoms with Crippen LogP contribution in [0, 0.1) is 5.82 Å². The molecule has 0 saturated carbocycles. The van der Waals surface area contributed by atoms with E-state index in [1.165, 1.54) is 12.1 Å². The standard InChI is InChI=1S/C12H14FN3OS/c13-9-1-2-10(12(14)18)8(5-9)6-16-4-3-15-11(17)7-16/h1-2,5H,3-4,6-7H2,(H2,14,18)(H,15,17). The van der Waals surface area contributed by atoms with Crippen LogP contribution in [0.25, 0.3) is 0 Å². The number of hydrogen-bond donors (Lipinski definition) is 2. The number of nitrogens with one attached hydrogen (secondary N) is 1. The zero-order valence-electron chi connectivity index (χ0n) is 9.78. The van der Waals surface area contributed by atoms with E-state index in [2.05, 4.69) is 5.32 Å². The lowest BCUT2D eigenvalue weighted by Crippen LogP contribution is -2.47. The number of hydrogen-bond acceptors (Lipinski definition) is 3. The third kappa shape index (κ3) is 3.02. The van der Waals surface area contributed by atoms with Crippen LogP contribution in [0.15, 0.2) is 18.2 Å². The number of thiocarbonyl (C=S) groups is 1. The van der Waals surface area contributed by atoms with Crippen molar-refractivity contribution in [2.45, 2.75) is 6.54 Å². The molecule has 1 heterocycles. The molecule has 1 fully saturated rings. The Bertz CT molecular complexity index is 492. The van der Waals surface area contributed by atoms with Crippen LogP contribution in [0.3, 0.4) is 0 Å². The fraction of sp³-hybridized carbons (Fsp3) is 0.333. The zero-order valence-corrected chi connectivity index (χ0v) is 10.6. The van der Waals surface area contributed by atoms with Gasteiger partial charge in [0.1, 0.15) is 10.8 Å². The van der Waals surface area contributed by atoms with Crippen molar-refractivity contribution in [3.05, 3.63) is 35.1 Å². The van der Waals surface area contributed by atoms with Crippen LogP contribution in [0.1, 0.15) is 11.1 Å². The van der Waals surface area contributed by atoms with E-state index < -0.39 is 0 Å². The molecule has 0 spiro atoms. The lowest BCUT2D eigenvalue weighted by Gasteiger charge is -2.27. The van der Waals surface area contributed by atoms with Crippen molar-refractivity contribution in [1.82, 2.24) is 10.2 Å². The summed E-state index contributed by atoms with van der Waals surface area (Å²) in [4.78, 5) is 13.5. The van der Waals surface area contributed by atoms with Gasteiger partial charge in [0.2, 0.25) is 5.91 Å². The first-order valence-electron chi connectivity index (χ1n) is 5.63. The highest BCUT2D eigenvalue weighted by molar-refractivity contribution is 7.80. The minimum Gasteiger partial charge on any atom is -0.389 e. The Hall–Kier alpha value is -1.53. The van der Waals surface area contributed by atoms with Gasteiger partial charge < -0.3 is 11.1 Å². The molecular formula is C12H14FN3OS. The summed E-state index contributed by atoms with van der Waals surface area (Å²) in [5.41, 5.74) is 6.99. The topological polar surface area (TPSA) is 58.4 Å². The molecule has 1 aromatic rings. The molecule has 3 N–H and O–H groups in total. The molecule has 18 heavy (non-hydrogen) atoms. The van der Waals surface area contributed by atoms with Crippen molar-refractivity contribution in [3.63, 3.8) is 0 Å². The third-order valence-corrected chi connectivity index (χ3v) is 3.06. The SMILES string of the molecule is NC(=S)c1ccc(F)cc1CN1CCNC(=O)C1. The largest absolute Gasteiger partial charge is 0.389 e. The van der Waals surface area contributed by atoms with Crippen LogP contribution in [0.4, 0.5) is 4.39 Å². The number of nitrogens with two attached hydrogens (primary N) is 1. The zero-order chi connectivity index (χ0) is 13.1. The van der Waals surface area contributed by atoms with Gasteiger partial charge in [-0.1, -0.05) is 12.2 Å². The molecule has 6 heteroatoms. The van der Waals surface area contributed by atoms with Gasteiger partial charge in [-0.3, -0.25) is 9.69 Å². The van der Waals surface area contributed by atoms with E-state index in [0.29, 0.717) is 25.2 Å². The molecule has 0 unspecified atom stereocenters. The Labute approximate surface area is 110 Å². The van der Waals surface area contributed by atoms with Crippen molar-refractivity contribution in [1.29, 1.82) is 0 Å². The van der Waals surface area contributed by atoms with Crippen molar-refractivity contribution in [3.8, 4) is 0 Å². The second kappa shape index (κ2) is 5.41. The summed E-state index contributed by atoms with van der Waals surface area (Å²) in [6, 6.07) is 4.33. The summed E-state index contributed by atoms with van der Waals surface area (Å²) in [6.07, 6.45) is 0. The van der Waals surface area contributed by atoms with Gasteiger partial charge in [0, 0.05) is 25.2 Å². The molecule has 0 radical (unpaired) electrons. The van der Waals surface area contributed by atoms with E-state index in [1.807, 2.05) is 4.90 Å². The van der Waals surface area contributed by atoms with E-state index in [4.69, 9.17) is 18.0 Å². The van der Waals surface area contributed by atoms with Crippen molar-refractivity contribution in [2.75, 3.05) is 19.6 Å². The van der Waals surface area contributed by atoms with Crippen LogP contribution in [-0.2, 0) is 11.3 Å². The number of nitrogens with zero attached hydrogens (tertiary/aromatic N) is 1. The number of amides is 1. The number of carbonyl (C=O) groups excluding carboxylic acids is 1. The monoisotopic (exact) mass is 267 g/mol. The van der Waals surface area contributed by atoms with Crippen LogP contribution >= 0.6 is 12.2 Å². The average molecular weight is 267 g/mol. The number of rotatable bonds is 3. The molecule has 0 bridgehead atoms. The summed E-state index contributed by atoms with van der Waals surface area (Å²) < 4.78 is 13.3. The van der Waals surface area contributed by atoms with Gasteiger partial charge in [0.05, 0.1) is 6.54 Å². The second-order valence-corrected chi connectivity index (χ2v) is 4.67. The van der Waals surface area contributed by atoms with Crippen LogP contribution < -0.4 is 11.1 Å². The Kier molecular flexibility index (Phi) is 3.88. The quantitative estimate of drug-likeness (QED) is 0.778. The fourth-order valence-electron chi connectivity index (χ4n) is 2.00. The summed E-state index contributed by atoms with van der Waals surface area (Å²) in [5.74, 6) is -0.346. The molecule has 4 nitrogen and oxygen atoms in total. The Balaban J connectivity index is 2.19. The Morgan fingerprint density at radius 2 is 2.33 bits per heavy atom. The maximum Gasteiger partial charge on any atom is 0.234 e. The van der Waals surface area contributed by atoms with E-state index >= 15 is 0 Å². The van der Waals surface area contributed by atoms with Gasteiger partial charge in [0.15, 0.2) is 0 Å². The number of halogens is 1. The first kappa shape index (κ1) is 12.9. The van der Waals surface area contributed by atoms with Gasteiger partial charge in [-0.2, -0.15) is 0 Å². The lowest BCUT2D eigenvalue weighted by molar-refractivity contribution is -0.124.